The van der Waals surface area contributed by atoms with Gasteiger partial charge in [-0.1, -0.05) is 11.5 Å². The molecule has 4 nitrogen and oxygen atoms in total. The van der Waals surface area contributed by atoms with E-state index in [-0.39, 0.29) is 11.1 Å². The Labute approximate surface area is 132 Å². The molecule has 1 N–H and O–H groups in total. The molecule has 0 aliphatic carbocycles. The SMILES string of the molecule is Bc1ccc(OC)c2c(=O)c(C(=O)c3ccc(F)cc3)c[nH]c12. The number of hydrogen-bond donors (Lipinski definition) is 1. The van der Waals surface area contributed by atoms with Crippen LogP contribution in [-0.2, 0) is 0 Å². The number of benzene rings is 2. The van der Waals surface area contributed by atoms with Gasteiger partial charge in [0.25, 0.3) is 0 Å². The standard InChI is InChI=1S/C17H13BFNO3/c1-23-13-7-6-12(18)15-14(13)17(22)11(8-20-15)16(21)9-2-4-10(19)5-3-9/h2-8H,18H2,1H3,(H,20,22). The van der Waals surface area contributed by atoms with Gasteiger partial charge in [0.15, 0.2) is 5.78 Å². The predicted molar refractivity (Wildman–Crippen MR) is 89.1 cm³/mol. The van der Waals surface area contributed by atoms with Crippen LogP contribution in [0.2, 0.25) is 0 Å². The smallest absolute Gasteiger partial charge is 0.204 e. The van der Waals surface area contributed by atoms with Crippen molar-refractivity contribution in [1.29, 1.82) is 0 Å². The molecule has 114 valence electrons. The van der Waals surface area contributed by atoms with Gasteiger partial charge in [-0.15, -0.1) is 0 Å². The van der Waals surface area contributed by atoms with E-state index in [2.05, 4.69) is 4.98 Å². The fraction of sp³-hybridized carbons (Fsp3) is 0.0588. The molecule has 0 aliphatic rings. The van der Waals surface area contributed by atoms with E-state index in [4.69, 9.17) is 4.74 Å². The Morgan fingerprint density at radius 1 is 1.17 bits per heavy atom. The zero-order chi connectivity index (χ0) is 16.6. The highest BCUT2D eigenvalue weighted by Gasteiger charge is 2.18. The number of rotatable bonds is 3. The Morgan fingerprint density at radius 2 is 1.87 bits per heavy atom. The molecule has 6 heteroatoms. The summed E-state index contributed by atoms with van der Waals surface area (Å²) in [5.41, 5.74) is 1.34. The normalized spacial score (nSPS) is 10.7. The Kier molecular flexibility index (Phi) is 3.74. The van der Waals surface area contributed by atoms with E-state index >= 15 is 0 Å². The average Bonchev–Trinajstić information content (AvgIpc) is 2.56. The monoisotopic (exact) mass is 309 g/mol. The lowest BCUT2D eigenvalue weighted by Crippen LogP contribution is -2.20. The minimum Gasteiger partial charge on any atom is -0.496 e. The van der Waals surface area contributed by atoms with Gasteiger partial charge in [-0.25, -0.2) is 4.39 Å². The summed E-state index contributed by atoms with van der Waals surface area (Å²) < 4.78 is 18.2. The predicted octanol–water partition coefficient (Wildman–Crippen LogP) is 1.17. The molecule has 0 saturated heterocycles. The maximum absolute atomic E-state index is 13.0. The first kappa shape index (κ1) is 15.0. The first-order valence-corrected chi connectivity index (χ1v) is 7.02. The number of ketones is 1. The summed E-state index contributed by atoms with van der Waals surface area (Å²) in [6.07, 6.45) is 1.39. The molecule has 23 heavy (non-hydrogen) atoms. The van der Waals surface area contributed by atoms with Crippen molar-refractivity contribution in [2.45, 2.75) is 0 Å². The number of aromatic amines is 1. The van der Waals surface area contributed by atoms with Crippen LogP contribution < -0.4 is 15.6 Å². The lowest BCUT2D eigenvalue weighted by atomic mass is 9.91. The van der Waals surface area contributed by atoms with Crippen LogP contribution in [-0.4, -0.2) is 25.7 Å². The maximum Gasteiger partial charge on any atom is 0.204 e. The van der Waals surface area contributed by atoms with Gasteiger partial charge in [0.05, 0.1) is 18.1 Å². The van der Waals surface area contributed by atoms with Gasteiger partial charge >= 0.3 is 0 Å². The van der Waals surface area contributed by atoms with Crippen molar-refractivity contribution in [2.24, 2.45) is 0 Å². The third-order valence-corrected chi connectivity index (χ3v) is 3.78. The first-order valence-electron chi connectivity index (χ1n) is 7.02. The summed E-state index contributed by atoms with van der Waals surface area (Å²) in [5, 5.41) is 0.334. The summed E-state index contributed by atoms with van der Waals surface area (Å²) in [7, 11) is 3.33. The second-order valence-electron chi connectivity index (χ2n) is 5.20. The molecule has 0 aliphatic heterocycles. The molecule has 3 aromatic rings. The Balaban J connectivity index is 2.23. The molecule has 0 unspecified atom stereocenters. The minimum absolute atomic E-state index is 0.00647. The third-order valence-electron chi connectivity index (χ3n) is 3.78. The van der Waals surface area contributed by atoms with E-state index in [1.165, 1.54) is 37.6 Å². The summed E-state index contributed by atoms with van der Waals surface area (Å²) in [6, 6.07) is 8.61. The van der Waals surface area contributed by atoms with Crippen molar-refractivity contribution in [3.8, 4) is 5.75 Å². The van der Waals surface area contributed by atoms with Crippen LogP contribution in [0.5, 0.6) is 5.75 Å². The highest BCUT2D eigenvalue weighted by molar-refractivity contribution is 6.38. The number of carbonyl (C=O) groups excluding carboxylic acids is 1. The van der Waals surface area contributed by atoms with Crippen LogP contribution in [0.15, 0.2) is 47.4 Å². The maximum atomic E-state index is 13.0. The number of fused-ring (bicyclic) bond motifs is 1. The van der Waals surface area contributed by atoms with Gasteiger partial charge in [-0.05, 0) is 30.3 Å². The highest BCUT2D eigenvalue weighted by Crippen LogP contribution is 2.20. The van der Waals surface area contributed by atoms with Crippen LogP contribution in [0.4, 0.5) is 4.39 Å². The molecule has 0 saturated carbocycles. The number of H-pyrrole nitrogens is 1. The summed E-state index contributed by atoms with van der Waals surface area (Å²) in [5.74, 6) is -0.497. The minimum atomic E-state index is -0.461. The molecule has 0 fully saturated rings. The van der Waals surface area contributed by atoms with E-state index in [9.17, 15) is 14.0 Å². The van der Waals surface area contributed by atoms with Crippen LogP contribution in [0.1, 0.15) is 15.9 Å². The average molecular weight is 309 g/mol. The van der Waals surface area contributed by atoms with Gasteiger partial charge in [0, 0.05) is 17.3 Å². The van der Waals surface area contributed by atoms with Gasteiger partial charge in [0.2, 0.25) is 5.43 Å². The molecule has 0 bridgehead atoms. The Morgan fingerprint density at radius 3 is 2.52 bits per heavy atom. The van der Waals surface area contributed by atoms with Crippen molar-refractivity contribution in [3.05, 3.63) is 69.8 Å². The van der Waals surface area contributed by atoms with E-state index in [1.54, 1.807) is 6.07 Å². The molecule has 0 radical (unpaired) electrons. The van der Waals surface area contributed by atoms with Gasteiger partial charge in [-0.2, -0.15) is 0 Å². The van der Waals surface area contributed by atoms with Gasteiger partial charge < -0.3 is 9.72 Å². The molecule has 0 amide bonds. The highest BCUT2D eigenvalue weighted by atomic mass is 19.1. The molecular weight excluding hydrogens is 296 g/mol. The number of hydrogen-bond acceptors (Lipinski definition) is 3. The quantitative estimate of drug-likeness (QED) is 0.583. The van der Waals surface area contributed by atoms with Crippen LogP contribution in [0.25, 0.3) is 10.9 Å². The molecule has 1 heterocycles. The van der Waals surface area contributed by atoms with Gasteiger partial charge in [-0.3, -0.25) is 9.59 Å². The lowest BCUT2D eigenvalue weighted by Gasteiger charge is -2.09. The van der Waals surface area contributed by atoms with Crippen LogP contribution in [0.3, 0.4) is 0 Å². The Hall–Kier alpha value is -2.89. The van der Waals surface area contributed by atoms with E-state index in [0.29, 0.717) is 16.7 Å². The van der Waals surface area contributed by atoms with Crippen molar-refractivity contribution < 1.29 is 13.9 Å². The summed E-state index contributed by atoms with van der Waals surface area (Å²) >= 11 is 0. The van der Waals surface area contributed by atoms with Crippen molar-refractivity contribution in [1.82, 2.24) is 4.98 Å². The number of ether oxygens (including phenoxy) is 1. The Bertz CT molecular complexity index is 964. The number of aromatic nitrogens is 1. The van der Waals surface area contributed by atoms with E-state index < -0.39 is 17.0 Å². The van der Waals surface area contributed by atoms with Crippen LogP contribution in [0, 0.1) is 5.82 Å². The number of methoxy groups -OCH3 is 1. The molecule has 2 aromatic carbocycles. The van der Waals surface area contributed by atoms with Crippen molar-refractivity contribution in [3.63, 3.8) is 0 Å². The topological polar surface area (TPSA) is 59.2 Å². The second kappa shape index (κ2) is 5.72. The first-order chi connectivity index (χ1) is 11.0. The number of carbonyl (C=O) groups is 1. The molecule has 0 atom stereocenters. The zero-order valence-corrected chi connectivity index (χ0v) is 12.6. The molecule has 3 rings (SSSR count). The van der Waals surface area contributed by atoms with Gasteiger partial charge in [0.1, 0.15) is 19.4 Å². The number of nitrogens with one attached hydrogen (secondary N) is 1. The third kappa shape index (κ3) is 2.52. The summed E-state index contributed by atoms with van der Waals surface area (Å²) in [6.45, 7) is 0. The molecule has 0 spiro atoms. The largest absolute Gasteiger partial charge is 0.496 e. The van der Waals surface area contributed by atoms with E-state index in [0.717, 1.165) is 5.46 Å². The fourth-order valence-corrected chi connectivity index (χ4v) is 2.54. The fourth-order valence-electron chi connectivity index (χ4n) is 2.54. The summed E-state index contributed by atoms with van der Waals surface area (Å²) in [4.78, 5) is 28.3. The van der Waals surface area contributed by atoms with Crippen molar-refractivity contribution in [2.75, 3.05) is 7.11 Å². The number of pyridine rings is 1. The van der Waals surface area contributed by atoms with Crippen molar-refractivity contribution >= 4 is 30.0 Å². The second-order valence-corrected chi connectivity index (χ2v) is 5.20. The van der Waals surface area contributed by atoms with Crippen LogP contribution >= 0.6 is 0 Å². The number of halogens is 1. The lowest BCUT2D eigenvalue weighted by molar-refractivity contribution is 0.103. The molecule has 1 aromatic heterocycles. The molecular formula is C17H13BFNO3. The zero-order valence-electron chi connectivity index (χ0n) is 12.6. The van der Waals surface area contributed by atoms with E-state index in [1.807, 2.05) is 13.9 Å².